The summed E-state index contributed by atoms with van der Waals surface area (Å²) in [5.41, 5.74) is 0. The number of nitrogens with zero attached hydrogens (tertiary/aromatic N) is 1. The van der Waals surface area contributed by atoms with Crippen LogP contribution in [0.4, 0.5) is 0 Å². The van der Waals surface area contributed by atoms with Crippen LogP contribution in [0, 0.1) is 11.8 Å². The number of hydrogen-bond donors (Lipinski definition) is 0. The van der Waals surface area contributed by atoms with Crippen LogP contribution in [-0.4, -0.2) is 24.0 Å². The fraction of sp³-hybridized carbons (Fsp3) is 1.00. The second-order valence-corrected chi connectivity index (χ2v) is 4.20. The van der Waals surface area contributed by atoms with Crippen molar-refractivity contribution < 1.29 is 0 Å². The summed E-state index contributed by atoms with van der Waals surface area (Å²) in [5, 5.41) is 0. The first-order valence-electron chi connectivity index (χ1n) is 5.01. The quantitative estimate of drug-likeness (QED) is 0.561. The third-order valence-corrected chi connectivity index (χ3v) is 3.90. The molecule has 0 radical (unpaired) electrons. The van der Waals surface area contributed by atoms with Gasteiger partial charge < -0.3 is 0 Å². The normalized spacial score (nSPS) is 46.9. The number of rotatable bonds is 3. The van der Waals surface area contributed by atoms with Crippen LogP contribution in [0.3, 0.4) is 0 Å². The Morgan fingerprint density at radius 3 is 2.27 bits per heavy atom. The van der Waals surface area contributed by atoms with Crippen molar-refractivity contribution in [1.82, 2.24) is 4.90 Å². The third-order valence-electron chi connectivity index (χ3n) is 3.90. The minimum absolute atomic E-state index is 1.000. The average molecular weight is 153 g/mol. The molecule has 0 spiro atoms. The maximum Gasteiger partial charge on any atom is 0.0283 e. The maximum absolute atomic E-state index is 2.54. The van der Waals surface area contributed by atoms with Crippen molar-refractivity contribution in [3.8, 4) is 0 Å². The Hall–Kier alpha value is -0.0400. The van der Waals surface area contributed by atoms with Gasteiger partial charge in [0.15, 0.2) is 0 Å². The smallest absolute Gasteiger partial charge is 0.0283 e. The van der Waals surface area contributed by atoms with Gasteiger partial charge in [-0.1, -0.05) is 26.7 Å². The first-order chi connectivity index (χ1) is 5.29. The highest BCUT2D eigenvalue weighted by Gasteiger charge is 2.60. The molecule has 64 valence electrons. The Morgan fingerprint density at radius 2 is 2.00 bits per heavy atom. The molecule has 4 atom stereocenters. The lowest BCUT2D eigenvalue weighted by Crippen LogP contribution is -2.30. The highest BCUT2D eigenvalue weighted by Crippen LogP contribution is 2.53. The summed E-state index contributed by atoms with van der Waals surface area (Å²) in [6, 6.07) is 2.00. The molecular formula is C10H19N. The highest BCUT2D eigenvalue weighted by molar-refractivity contribution is 5.15. The fourth-order valence-electron chi connectivity index (χ4n) is 2.91. The number of likely N-dealkylation sites (N-methyl/N-ethyl adjacent to an activating group) is 1. The van der Waals surface area contributed by atoms with E-state index in [4.69, 9.17) is 0 Å². The zero-order chi connectivity index (χ0) is 8.01. The minimum Gasteiger partial charge on any atom is -0.297 e. The van der Waals surface area contributed by atoms with E-state index >= 15 is 0 Å². The Labute approximate surface area is 69.8 Å². The molecule has 11 heavy (non-hydrogen) atoms. The Kier molecular flexibility index (Phi) is 1.71. The minimum atomic E-state index is 1.000. The summed E-state index contributed by atoms with van der Waals surface area (Å²) in [5.74, 6) is 2.07. The summed E-state index contributed by atoms with van der Waals surface area (Å²) in [6.07, 6.45) is 4.27. The molecule has 1 nitrogen and oxygen atoms in total. The fourth-order valence-corrected chi connectivity index (χ4v) is 2.91. The van der Waals surface area contributed by atoms with Crippen LogP contribution in [0.1, 0.15) is 33.1 Å². The second kappa shape index (κ2) is 2.48. The maximum atomic E-state index is 2.54. The van der Waals surface area contributed by atoms with Crippen LogP contribution in [0.5, 0.6) is 0 Å². The first kappa shape index (κ1) is 7.60. The average Bonchev–Trinajstić information content (AvgIpc) is 2.46. The van der Waals surface area contributed by atoms with Gasteiger partial charge in [0.1, 0.15) is 0 Å². The van der Waals surface area contributed by atoms with Crippen LogP contribution < -0.4 is 0 Å². The Bertz CT molecular complexity index is 147. The summed E-state index contributed by atoms with van der Waals surface area (Å²) in [7, 11) is 2.28. The van der Waals surface area contributed by atoms with Crippen molar-refractivity contribution in [2.45, 2.75) is 45.2 Å². The monoisotopic (exact) mass is 153 g/mol. The predicted octanol–water partition coefficient (Wildman–Crippen LogP) is 2.13. The van der Waals surface area contributed by atoms with E-state index < -0.39 is 0 Å². The molecule has 1 saturated heterocycles. The molecular weight excluding hydrogens is 134 g/mol. The van der Waals surface area contributed by atoms with Gasteiger partial charge in [-0.05, 0) is 25.3 Å². The molecule has 0 aromatic heterocycles. The largest absolute Gasteiger partial charge is 0.297 e. The lowest BCUT2D eigenvalue weighted by molar-refractivity contribution is 0.238. The molecule has 0 N–H and O–H groups in total. The van der Waals surface area contributed by atoms with Gasteiger partial charge in [-0.2, -0.15) is 0 Å². The topological polar surface area (TPSA) is 3.01 Å². The first-order valence-corrected chi connectivity index (χ1v) is 5.01. The van der Waals surface area contributed by atoms with Gasteiger partial charge in [0.2, 0.25) is 0 Å². The molecule has 0 bridgehead atoms. The van der Waals surface area contributed by atoms with E-state index in [0.717, 1.165) is 23.9 Å². The van der Waals surface area contributed by atoms with E-state index in [1.54, 1.807) is 0 Å². The van der Waals surface area contributed by atoms with Gasteiger partial charge in [0.05, 0.1) is 0 Å². The van der Waals surface area contributed by atoms with Crippen molar-refractivity contribution in [2.24, 2.45) is 11.8 Å². The zero-order valence-electron chi connectivity index (χ0n) is 7.88. The van der Waals surface area contributed by atoms with E-state index in [1.165, 1.54) is 19.3 Å². The Balaban J connectivity index is 1.87. The molecule has 1 heteroatoms. The summed E-state index contributed by atoms with van der Waals surface area (Å²) < 4.78 is 0. The SMILES string of the molecule is CCC(CC)C1CC2C1N2C. The number of fused-ring (bicyclic) bond motifs is 1. The summed E-state index contributed by atoms with van der Waals surface area (Å²) in [4.78, 5) is 2.54. The van der Waals surface area contributed by atoms with Crippen LogP contribution >= 0.6 is 0 Å². The van der Waals surface area contributed by atoms with Gasteiger partial charge in [0.25, 0.3) is 0 Å². The van der Waals surface area contributed by atoms with Crippen molar-refractivity contribution >= 4 is 0 Å². The van der Waals surface area contributed by atoms with Gasteiger partial charge >= 0.3 is 0 Å². The van der Waals surface area contributed by atoms with Crippen molar-refractivity contribution in [1.29, 1.82) is 0 Å². The zero-order valence-corrected chi connectivity index (χ0v) is 7.88. The second-order valence-electron chi connectivity index (χ2n) is 4.20. The lowest BCUT2D eigenvalue weighted by atomic mass is 9.74. The molecule has 0 amide bonds. The van der Waals surface area contributed by atoms with Gasteiger partial charge in [-0.25, -0.2) is 0 Å². The van der Waals surface area contributed by atoms with E-state index in [1.807, 2.05) is 0 Å². The molecule has 4 unspecified atom stereocenters. The number of hydrogen-bond acceptors (Lipinski definition) is 1. The molecule has 1 aliphatic carbocycles. The standard InChI is InChI=1S/C10H19N/c1-4-7(5-2)8-6-9-10(8)11(9)3/h7-10H,4-6H2,1-3H3. The molecule has 2 aliphatic rings. The molecule has 2 fully saturated rings. The van der Waals surface area contributed by atoms with E-state index in [9.17, 15) is 0 Å². The molecule has 1 aliphatic heterocycles. The third kappa shape index (κ3) is 0.936. The molecule has 1 heterocycles. The summed E-state index contributed by atoms with van der Waals surface area (Å²) in [6.45, 7) is 4.67. The number of likely N-dealkylation sites (tertiary alicyclic amines) is 1. The van der Waals surface area contributed by atoms with Gasteiger partial charge in [-0.3, -0.25) is 4.90 Å². The van der Waals surface area contributed by atoms with Crippen molar-refractivity contribution in [2.75, 3.05) is 7.05 Å². The lowest BCUT2D eigenvalue weighted by Gasteiger charge is -2.30. The highest BCUT2D eigenvalue weighted by atomic mass is 15.4. The van der Waals surface area contributed by atoms with E-state index in [2.05, 4.69) is 25.8 Å². The van der Waals surface area contributed by atoms with Crippen LogP contribution in [0.15, 0.2) is 0 Å². The van der Waals surface area contributed by atoms with Gasteiger partial charge in [-0.15, -0.1) is 0 Å². The van der Waals surface area contributed by atoms with Crippen LogP contribution in [0.2, 0.25) is 0 Å². The van der Waals surface area contributed by atoms with Crippen LogP contribution in [-0.2, 0) is 0 Å². The van der Waals surface area contributed by atoms with Crippen LogP contribution in [0.25, 0.3) is 0 Å². The molecule has 2 rings (SSSR count). The molecule has 0 aromatic carbocycles. The summed E-state index contributed by atoms with van der Waals surface area (Å²) >= 11 is 0. The predicted molar refractivity (Wildman–Crippen MR) is 47.5 cm³/mol. The van der Waals surface area contributed by atoms with Crippen molar-refractivity contribution in [3.63, 3.8) is 0 Å². The molecule has 0 aromatic rings. The van der Waals surface area contributed by atoms with Gasteiger partial charge in [0, 0.05) is 12.1 Å². The molecule has 1 saturated carbocycles. The van der Waals surface area contributed by atoms with E-state index in [0.29, 0.717) is 0 Å². The Morgan fingerprint density at radius 1 is 1.36 bits per heavy atom. The van der Waals surface area contributed by atoms with E-state index in [-0.39, 0.29) is 0 Å². The van der Waals surface area contributed by atoms with Crippen molar-refractivity contribution in [3.05, 3.63) is 0 Å².